The van der Waals surface area contributed by atoms with Gasteiger partial charge in [0.25, 0.3) is 0 Å². The lowest BCUT2D eigenvalue weighted by Gasteiger charge is -2.12. The number of hydrogen-bond donors (Lipinski definition) is 1. The van der Waals surface area contributed by atoms with E-state index in [1.165, 1.54) is 11.8 Å². The first-order chi connectivity index (χ1) is 10.1. The number of nitriles is 1. The van der Waals surface area contributed by atoms with E-state index in [1.807, 2.05) is 31.2 Å². The molecule has 1 amide bonds. The average Bonchev–Trinajstić information content (AvgIpc) is 2.50. The van der Waals surface area contributed by atoms with Crippen molar-refractivity contribution in [3.8, 4) is 6.07 Å². The lowest BCUT2D eigenvalue weighted by molar-refractivity contribution is -0.115. The van der Waals surface area contributed by atoms with Crippen molar-refractivity contribution in [2.24, 2.45) is 0 Å². The van der Waals surface area contributed by atoms with E-state index in [-0.39, 0.29) is 11.2 Å². The topological polar surface area (TPSA) is 52.9 Å². The molecule has 2 rings (SSSR count). The number of halogens is 1. The Hall–Kier alpha value is -1.77. The largest absolute Gasteiger partial charge is 0.324 e. The fraction of sp³-hybridized carbons (Fsp3) is 0.125. The van der Waals surface area contributed by atoms with E-state index < -0.39 is 0 Å². The van der Waals surface area contributed by atoms with Crippen molar-refractivity contribution < 1.29 is 4.79 Å². The van der Waals surface area contributed by atoms with Crippen LogP contribution in [0.1, 0.15) is 12.5 Å². The average molecular weight is 361 g/mol. The predicted molar refractivity (Wildman–Crippen MR) is 89.2 cm³/mol. The molecule has 3 nitrogen and oxygen atoms in total. The summed E-state index contributed by atoms with van der Waals surface area (Å²) in [4.78, 5) is 13.2. The number of thioether (sulfide) groups is 1. The normalized spacial score (nSPS) is 11.5. The molecular formula is C16H13BrN2OS. The molecule has 0 fully saturated rings. The van der Waals surface area contributed by atoms with Gasteiger partial charge < -0.3 is 5.32 Å². The van der Waals surface area contributed by atoms with Crippen LogP contribution in [0.3, 0.4) is 0 Å². The lowest BCUT2D eigenvalue weighted by Crippen LogP contribution is -2.22. The van der Waals surface area contributed by atoms with Gasteiger partial charge in [-0.05, 0) is 43.3 Å². The van der Waals surface area contributed by atoms with Gasteiger partial charge in [0, 0.05) is 9.37 Å². The Morgan fingerprint density at radius 1 is 1.24 bits per heavy atom. The zero-order valence-corrected chi connectivity index (χ0v) is 13.7. The van der Waals surface area contributed by atoms with Gasteiger partial charge in [-0.1, -0.05) is 28.1 Å². The summed E-state index contributed by atoms with van der Waals surface area (Å²) in [5.41, 5.74) is 1.01. The van der Waals surface area contributed by atoms with Crippen molar-refractivity contribution in [2.45, 2.75) is 17.1 Å². The second-order valence-corrected chi connectivity index (χ2v) is 6.69. The fourth-order valence-electron chi connectivity index (χ4n) is 1.69. The third-order valence-corrected chi connectivity index (χ3v) is 4.44. The van der Waals surface area contributed by atoms with E-state index in [0.29, 0.717) is 11.3 Å². The van der Waals surface area contributed by atoms with Crippen LogP contribution in [0.25, 0.3) is 0 Å². The van der Waals surface area contributed by atoms with E-state index in [9.17, 15) is 4.79 Å². The summed E-state index contributed by atoms with van der Waals surface area (Å²) in [6.07, 6.45) is 0. The molecule has 0 aliphatic heterocycles. The summed E-state index contributed by atoms with van der Waals surface area (Å²) in [6.45, 7) is 1.84. The number of benzene rings is 2. The molecule has 0 bridgehead atoms. The molecule has 0 radical (unpaired) electrons. The number of nitrogens with one attached hydrogen (secondary N) is 1. The molecule has 0 aromatic heterocycles. The van der Waals surface area contributed by atoms with E-state index in [4.69, 9.17) is 5.26 Å². The van der Waals surface area contributed by atoms with Gasteiger partial charge in [0.15, 0.2) is 0 Å². The molecule has 5 heteroatoms. The Balaban J connectivity index is 2.03. The molecule has 1 N–H and O–H groups in total. The molecule has 106 valence electrons. The zero-order valence-electron chi connectivity index (χ0n) is 11.3. The van der Waals surface area contributed by atoms with Crippen LogP contribution in [0.5, 0.6) is 0 Å². The van der Waals surface area contributed by atoms with Crippen LogP contribution >= 0.6 is 27.7 Å². The van der Waals surface area contributed by atoms with Gasteiger partial charge in [0.05, 0.1) is 16.5 Å². The van der Waals surface area contributed by atoms with Gasteiger partial charge in [-0.25, -0.2) is 0 Å². The Morgan fingerprint density at radius 2 is 1.90 bits per heavy atom. The van der Waals surface area contributed by atoms with Crippen LogP contribution in [0.15, 0.2) is 57.9 Å². The number of anilines is 1. The summed E-state index contributed by atoms with van der Waals surface area (Å²) in [7, 11) is 0. The molecule has 0 saturated carbocycles. The van der Waals surface area contributed by atoms with Gasteiger partial charge in [-0.3, -0.25) is 4.79 Å². The smallest absolute Gasteiger partial charge is 0.237 e. The van der Waals surface area contributed by atoms with E-state index in [0.717, 1.165) is 9.37 Å². The summed E-state index contributed by atoms with van der Waals surface area (Å²) in [5.74, 6) is -0.120. The van der Waals surface area contributed by atoms with Gasteiger partial charge in [-0.2, -0.15) is 5.26 Å². The molecular weight excluding hydrogens is 348 g/mol. The van der Waals surface area contributed by atoms with Crippen LogP contribution in [-0.2, 0) is 4.79 Å². The van der Waals surface area contributed by atoms with Crippen LogP contribution in [0.4, 0.5) is 5.69 Å². The quantitative estimate of drug-likeness (QED) is 0.819. The molecule has 21 heavy (non-hydrogen) atoms. The maximum atomic E-state index is 12.2. The Bertz CT molecular complexity index is 679. The molecule has 0 unspecified atom stereocenters. The van der Waals surface area contributed by atoms with Crippen LogP contribution in [0.2, 0.25) is 0 Å². The third kappa shape index (κ3) is 4.35. The Morgan fingerprint density at radius 3 is 2.57 bits per heavy atom. The number of para-hydroxylation sites is 1. The predicted octanol–water partition coefficient (Wildman–Crippen LogP) is 4.44. The molecule has 2 aromatic carbocycles. The first-order valence-electron chi connectivity index (χ1n) is 6.32. The summed E-state index contributed by atoms with van der Waals surface area (Å²) < 4.78 is 1.01. The highest BCUT2D eigenvalue weighted by molar-refractivity contribution is 9.10. The molecule has 0 saturated heterocycles. The minimum Gasteiger partial charge on any atom is -0.324 e. The van der Waals surface area contributed by atoms with Gasteiger partial charge >= 0.3 is 0 Å². The second kappa shape index (κ2) is 7.30. The monoisotopic (exact) mass is 360 g/mol. The van der Waals surface area contributed by atoms with Crippen molar-refractivity contribution >= 4 is 39.3 Å². The van der Waals surface area contributed by atoms with Crippen molar-refractivity contribution in [3.63, 3.8) is 0 Å². The van der Waals surface area contributed by atoms with E-state index in [1.54, 1.807) is 24.3 Å². The SMILES string of the molecule is C[C@H](Sc1ccc(Br)cc1)C(=O)Nc1ccccc1C#N. The van der Waals surface area contributed by atoms with E-state index >= 15 is 0 Å². The minimum atomic E-state index is -0.252. The fourth-order valence-corrected chi connectivity index (χ4v) is 2.83. The molecule has 0 aliphatic rings. The van der Waals surface area contributed by atoms with Crippen LogP contribution < -0.4 is 5.32 Å². The minimum absolute atomic E-state index is 0.120. The highest BCUT2D eigenvalue weighted by Crippen LogP contribution is 2.26. The Labute approximate surface area is 136 Å². The van der Waals surface area contributed by atoms with Crippen molar-refractivity contribution in [3.05, 3.63) is 58.6 Å². The molecule has 0 aliphatic carbocycles. The van der Waals surface area contributed by atoms with Gasteiger partial charge in [-0.15, -0.1) is 11.8 Å². The van der Waals surface area contributed by atoms with Crippen LogP contribution in [-0.4, -0.2) is 11.2 Å². The second-order valence-electron chi connectivity index (χ2n) is 4.36. The molecule has 0 spiro atoms. The number of nitrogens with zero attached hydrogens (tertiary/aromatic N) is 1. The first kappa shape index (κ1) is 15.6. The van der Waals surface area contributed by atoms with Crippen LogP contribution in [0, 0.1) is 11.3 Å². The summed E-state index contributed by atoms with van der Waals surface area (Å²) in [5, 5.41) is 11.6. The molecule has 0 heterocycles. The first-order valence-corrected chi connectivity index (χ1v) is 7.99. The number of carbonyl (C=O) groups excluding carboxylic acids is 1. The van der Waals surface area contributed by atoms with Crippen molar-refractivity contribution in [2.75, 3.05) is 5.32 Å². The molecule has 1 atom stereocenters. The Kier molecular flexibility index (Phi) is 5.43. The highest BCUT2D eigenvalue weighted by atomic mass is 79.9. The lowest BCUT2D eigenvalue weighted by atomic mass is 10.2. The maximum Gasteiger partial charge on any atom is 0.237 e. The van der Waals surface area contributed by atoms with E-state index in [2.05, 4.69) is 27.3 Å². The van der Waals surface area contributed by atoms with Crippen molar-refractivity contribution in [1.82, 2.24) is 0 Å². The summed E-state index contributed by atoms with van der Waals surface area (Å²) >= 11 is 4.86. The highest BCUT2D eigenvalue weighted by Gasteiger charge is 2.15. The third-order valence-electron chi connectivity index (χ3n) is 2.80. The number of amides is 1. The zero-order chi connectivity index (χ0) is 15.2. The maximum absolute atomic E-state index is 12.2. The number of carbonyl (C=O) groups is 1. The number of hydrogen-bond acceptors (Lipinski definition) is 3. The summed E-state index contributed by atoms with van der Waals surface area (Å²) in [6, 6.07) is 16.9. The standard InChI is InChI=1S/C16H13BrN2OS/c1-11(21-14-8-6-13(17)7-9-14)16(20)19-15-5-3-2-4-12(15)10-18/h2-9,11H,1H3,(H,19,20)/t11-/m0/s1. The molecule has 2 aromatic rings. The number of rotatable bonds is 4. The van der Waals surface area contributed by atoms with Gasteiger partial charge in [0.2, 0.25) is 5.91 Å². The van der Waals surface area contributed by atoms with Crippen molar-refractivity contribution in [1.29, 1.82) is 5.26 Å². The van der Waals surface area contributed by atoms with Gasteiger partial charge in [0.1, 0.15) is 6.07 Å².